The van der Waals surface area contributed by atoms with Crippen molar-refractivity contribution in [3.05, 3.63) is 41.4 Å². The third kappa shape index (κ3) is 3.11. The molecule has 6 nitrogen and oxygen atoms in total. The lowest BCUT2D eigenvalue weighted by Gasteiger charge is -2.34. The fourth-order valence-electron chi connectivity index (χ4n) is 3.30. The lowest BCUT2D eigenvalue weighted by Crippen LogP contribution is -2.47. The van der Waals surface area contributed by atoms with Crippen molar-refractivity contribution in [2.45, 2.75) is 0 Å². The molecule has 1 atom stereocenters. The van der Waals surface area contributed by atoms with Gasteiger partial charge in [-0.3, -0.25) is 0 Å². The summed E-state index contributed by atoms with van der Waals surface area (Å²) < 4.78 is 15.6. The van der Waals surface area contributed by atoms with Crippen LogP contribution in [-0.4, -0.2) is 55.5 Å². The van der Waals surface area contributed by atoms with Crippen molar-refractivity contribution in [2.75, 3.05) is 37.3 Å². The average Bonchev–Trinajstić information content (AvgIpc) is 2.99. The number of fused-ring (bicyclic) bond motifs is 1. The van der Waals surface area contributed by atoms with Gasteiger partial charge in [0.1, 0.15) is 11.5 Å². The number of pyridine rings is 1. The minimum atomic E-state index is -0.921. The van der Waals surface area contributed by atoms with E-state index in [2.05, 4.69) is 4.90 Å². The maximum Gasteiger partial charge on any atom is 0.161 e. The minimum Gasteiger partial charge on any atom is -0.354 e. The van der Waals surface area contributed by atoms with Crippen LogP contribution >= 0.6 is 11.6 Å². The van der Waals surface area contributed by atoms with Crippen LogP contribution in [0.3, 0.4) is 0 Å². The number of anilines is 1. The first kappa shape index (κ1) is 17.5. The molecule has 2 aromatic heterocycles. The standard InChI is InChI=1S/C18H20ClN5OS/c1-22-15-6-4-3-5-14(15)20-18(22)17-13(19)7-8-16(21-17)23-9-11-24(12-10-23)26(2)25/h3-8H,9-12H2,1-2H3. The summed E-state index contributed by atoms with van der Waals surface area (Å²) in [5, 5.41) is 0.584. The van der Waals surface area contributed by atoms with Crippen molar-refractivity contribution in [3.8, 4) is 11.5 Å². The molecule has 0 aliphatic carbocycles. The Morgan fingerprint density at radius 1 is 1.04 bits per heavy atom. The molecule has 0 saturated carbocycles. The van der Waals surface area contributed by atoms with Crippen molar-refractivity contribution < 1.29 is 4.21 Å². The quantitative estimate of drug-likeness (QED) is 0.691. The van der Waals surface area contributed by atoms with Gasteiger partial charge in [-0.25, -0.2) is 18.5 Å². The molecule has 1 aromatic carbocycles. The van der Waals surface area contributed by atoms with Gasteiger partial charge in [-0.1, -0.05) is 23.7 Å². The molecule has 4 rings (SSSR count). The number of aryl methyl sites for hydroxylation is 1. The highest BCUT2D eigenvalue weighted by atomic mass is 35.5. The van der Waals surface area contributed by atoms with Crippen LogP contribution in [0.25, 0.3) is 22.6 Å². The van der Waals surface area contributed by atoms with Gasteiger partial charge in [-0.2, -0.15) is 0 Å². The fraction of sp³-hybridized carbons (Fsp3) is 0.333. The Hall–Kier alpha value is -1.96. The number of hydrogen-bond donors (Lipinski definition) is 0. The second-order valence-corrected chi connectivity index (χ2v) is 8.09. The van der Waals surface area contributed by atoms with Crippen LogP contribution in [0.2, 0.25) is 5.02 Å². The van der Waals surface area contributed by atoms with E-state index in [1.165, 1.54) is 0 Å². The van der Waals surface area contributed by atoms with Gasteiger partial charge in [0, 0.05) is 39.5 Å². The van der Waals surface area contributed by atoms with E-state index in [0.29, 0.717) is 10.7 Å². The summed E-state index contributed by atoms with van der Waals surface area (Å²) in [6.45, 7) is 3.09. The third-order valence-electron chi connectivity index (χ3n) is 4.76. The molecule has 0 amide bonds. The molecule has 1 unspecified atom stereocenters. The summed E-state index contributed by atoms with van der Waals surface area (Å²) in [6.07, 6.45) is 1.72. The number of imidazole rings is 1. The molecule has 1 aliphatic rings. The summed E-state index contributed by atoms with van der Waals surface area (Å²) >= 11 is 6.45. The van der Waals surface area contributed by atoms with E-state index in [1.54, 1.807) is 6.26 Å². The highest BCUT2D eigenvalue weighted by molar-refractivity contribution is 7.81. The number of halogens is 1. The molecule has 26 heavy (non-hydrogen) atoms. The summed E-state index contributed by atoms with van der Waals surface area (Å²) in [7, 11) is 1.06. The molecule has 0 N–H and O–H groups in total. The molecule has 8 heteroatoms. The zero-order chi connectivity index (χ0) is 18.3. The van der Waals surface area contributed by atoms with E-state index in [0.717, 1.165) is 48.9 Å². The molecule has 3 aromatic rings. The number of piperazine rings is 1. The molecule has 1 saturated heterocycles. The summed E-state index contributed by atoms with van der Waals surface area (Å²) in [5.41, 5.74) is 2.65. The van der Waals surface area contributed by atoms with Crippen LogP contribution in [0.4, 0.5) is 5.82 Å². The van der Waals surface area contributed by atoms with Crippen LogP contribution in [0.15, 0.2) is 36.4 Å². The zero-order valence-electron chi connectivity index (χ0n) is 14.7. The van der Waals surface area contributed by atoms with Gasteiger partial charge in [0.2, 0.25) is 0 Å². The SMILES string of the molecule is Cn1c(-c2nc(N3CCN(S(C)=O)CC3)ccc2Cl)nc2ccccc21. The Labute approximate surface area is 160 Å². The summed E-state index contributed by atoms with van der Waals surface area (Å²) in [4.78, 5) is 11.7. The van der Waals surface area contributed by atoms with E-state index in [4.69, 9.17) is 21.6 Å². The fourth-order valence-corrected chi connectivity index (χ4v) is 4.16. The number of benzene rings is 1. The van der Waals surface area contributed by atoms with E-state index in [-0.39, 0.29) is 0 Å². The van der Waals surface area contributed by atoms with Crippen LogP contribution < -0.4 is 4.90 Å². The van der Waals surface area contributed by atoms with Gasteiger partial charge in [0.25, 0.3) is 0 Å². The van der Waals surface area contributed by atoms with Crippen molar-refractivity contribution in [2.24, 2.45) is 7.05 Å². The van der Waals surface area contributed by atoms with Gasteiger partial charge in [0.05, 0.1) is 27.0 Å². The van der Waals surface area contributed by atoms with Crippen molar-refractivity contribution in [1.29, 1.82) is 0 Å². The Morgan fingerprint density at radius 3 is 2.46 bits per heavy atom. The van der Waals surface area contributed by atoms with E-state index in [1.807, 2.05) is 52.3 Å². The molecule has 3 heterocycles. The molecule has 1 aliphatic heterocycles. The first-order valence-corrected chi connectivity index (χ1v) is 10.4. The lowest BCUT2D eigenvalue weighted by molar-refractivity contribution is 0.411. The minimum absolute atomic E-state index is 0.584. The van der Waals surface area contributed by atoms with E-state index >= 15 is 0 Å². The predicted molar refractivity (Wildman–Crippen MR) is 107 cm³/mol. The highest BCUT2D eigenvalue weighted by Gasteiger charge is 2.22. The summed E-state index contributed by atoms with van der Waals surface area (Å²) in [5.74, 6) is 1.63. The average molecular weight is 390 g/mol. The molecule has 0 bridgehead atoms. The second-order valence-electron chi connectivity index (χ2n) is 6.32. The normalized spacial score (nSPS) is 17.0. The topological polar surface area (TPSA) is 54.3 Å². The van der Waals surface area contributed by atoms with Gasteiger partial charge in [-0.15, -0.1) is 0 Å². The summed E-state index contributed by atoms with van der Waals surface area (Å²) in [6, 6.07) is 11.8. The maximum absolute atomic E-state index is 11.6. The van der Waals surface area contributed by atoms with Crippen molar-refractivity contribution in [1.82, 2.24) is 18.8 Å². The van der Waals surface area contributed by atoms with E-state index in [9.17, 15) is 4.21 Å². The second kappa shape index (κ2) is 6.98. The highest BCUT2D eigenvalue weighted by Crippen LogP contribution is 2.30. The first-order valence-electron chi connectivity index (χ1n) is 8.46. The Balaban J connectivity index is 1.69. The smallest absolute Gasteiger partial charge is 0.161 e. The first-order chi connectivity index (χ1) is 12.5. The lowest BCUT2D eigenvalue weighted by atomic mass is 10.3. The van der Waals surface area contributed by atoms with Gasteiger partial charge in [0.15, 0.2) is 5.82 Å². The number of para-hydroxylation sites is 2. The van der Waals surface area contributed by atoms with Crippen molar-refractivity contribution in [3.63, 3.8) is 0 Å². The van der Waals surface area contributed by atoms with Gasteiger partial charge < -0.3 is 9.47 Å². The zero-order valence-corrected chi connectivity index (χ0v) is 16.3. The van der Waals surface area contributed by atoms with Gasteiger partial charge in [-0.05, 0) is 24.3 Å². The largest absolute Gasteiger partial charge is 0.354 e. The van der Waals surface area contributed by atoms with Crippen LogP contribution in [-0.2, 0) is 18.0 Å². The van der Waals surface area contributed by atoms with Crippen LogP contribution in [0, 0.1) is 0 Å². The van der Waals surface area contributed by atoms with Gasteiger partial charge >= 0.3 is 0 Å². The number of hydrogen-bond acceptors (Lipinski definition) is 4. The molecule has 1 fully saturated rings. The maximum atomic E-state index is 11.6. The number of rotatable bonds is 3. The number of nitrogens with zero attached hydrogens (tertiary/aromatic N) is 5. The molecule has 136 valence electrons. The van der Waals surface area contributed by atoms with Crippen LogP contribution in [0.5, 0.6) is 0 Å². The molecule has 0 radical (unpaired) electrons. The van der Waals surface area contributed by atoms with Crippen molar-refractivity contribution >= 4 is 39.4 Å². The predicted octanol–water partition coefficient (Wildman–Crippen LogP) is 2.70. The monoisotopic (exact) mass is 389 g/mol. The van der Waals surface area contributed by atoms with Crippen LogP contribution in [0.1, 0.15) is 0 Å². The molecular formula is C18H20ClN5OS. The van der Waals surface area contributed by atoms with E-state index < -0.39 is 11.0 Å². The molecular weight excluding hydrogens is 370 g/mol. The number of aromatic nitrogens is 3. The Kier molecular flexibility index (Phi) is 4.69. The molecule has 0 spiro atoms. The Bertz CT molecular complexity index is 981. The third-order valence-corrected chi connectivity index (χ3v) is 6.15. The Morgan fingerprint density at radius 2 is 1.77 bits per heavy atom.